The molecule has 1 fully saturated rings. The Hall–Kier alpha value is -2.42. The summed E-state index contributed by atoms with van der Waals surface area (Å²) in [6.07, 6.45) is 1.80. The molecule has 2 atom stereocenters. The minimum atomic E-state index is -0.391. The first-order chi connectivity index (χ1) is 10.7. The molecule has 3 rings (SSSR count). The van der Waals surface area contributed by atoms with Crippen LogP contribution >= 0.6 is 0 Å². The third-order valence-electron chi connectivity index (χ3n) is 4.09. The molecule has 3 nitrogen and oxygen atoms in total. The number of carbonyl (C=O) groups is 2. The van der Waals surface area contributed by atoms with Gasteiger partial charge in [0.1, 0.15) is 0 Å². The highest BCUT2D eigenvalue weighted by atomic mass is 16.6. The summed E-state index contributed by atoms with van der Waals surface area (Å²) in [4.78, 5) is 23.9. The molecule has 0 N–H and O–H groups in total. The number of hydrogen-bond donors (Lipinski definition) is 0. The van der Waals surface area contributed by atoms with E-state index in [9.17, 15) is 9.59 Å². The zero-order chi connectivity index (χ0) is 15.4. The number of ether oxygens (including phenoxy) is 1. The third-order valence-corrected chi connectivity index (χ3v) is 4.09. The molecule has 0 bridgehead atoms. The summed E-state index contributed by atoms with van der Waals surface area (Å²) < 4.78 is 4.98. The lowest BCUT2D eigenvalue weighted by Gasteiger charge is -2.26. The molecule has 0 unspecified atom stereocenters. The summed E-state index contributed by atoms with van der Waals surface area (Å²) in [6, 6.07) is 19.7. The first kappa shape index (κ1) is 14.5. The summed E-state index contributed by atoms with van der Waals surface area (Å²) in [5.74, 6) is -1.26. The predicted molar refractivity (Wildman–Crippen MR) is 83.0 cm³/mol. The molecule has 1 heterocycles. The highest BCUT2D eigenvalue weighted by Gasteiger charge is 2.36. The maximum atomic E-state index is 12.0. The van der Waals surface area contributed by atoms with E-state index in [-0.39, 0.29) is 11.8 Å². The van der Waals surface area contributed by atoms with Gasteiger partial charge in [0.15, 0.2) is 0 Å². The van der Waals surface area contributed by atoms with Crippen LogP contribution in [0.4, 0.5) is 0 Å². The van der Waals surface area contributed by atoms with Gasteiger partial charge in [-0.1, -0.05) is 60.7 Å². The number of hydrogen-bond acceptors (Lipinski definition) is 3. The van der Waals surface area contributed by atoms with E-state index in [1.807, 2.05) is 60.7 Å². The Kier molecular flexibility index (Phi) is 4.33. The molecule has 0 aromatic heterocycles. The first-order valence-electron chi connectivity index (χ1n) is 7.56. The van der Waals surface area contributed by atoms with Crippen molar-refractivity contribution in [3.05, 3.63) is 71.8 Å². The Morgan fingerprint density at radius 1 is 0.727 bits per heavy atom. The standard InChI is InChI=1S/C19H18O3/c20-18-16(11-14-7-3-1-4-8-14)13-17(19(21)22-18)12-15-9-5-2-6-10-15/h1-10,16-17H,11-13H2/t16-,17+. The van der Waals surface area contributed by atoms with Gasteiger partial charge in [0.25, 0.3) is 0 Å². The van der Waals surface area contributed by atoms with Crippen LogP contribution in [0.2, 0.25) is 0 Å². The largest absolute Gasteiger partial charge is 0.393 e. The fourth-order valence-corrected chi connectivity index (χ4v) is 2.93. The van der Waals surface area contributed by atoms with Gasteiger partial charge in [0.05, 0.1) is 11.8 Å². The predicted octanol–water partition coefficient (Wildman–Crippen LogP) is 3.18. The van der Waals surface area contributed by atoms with Gasteiger partial charge < -0.3 is 4.74 Å². The highest BCUT2D eigenvalue weighted by molar-refractivity contribution is 5.91. The summed E-state index contributed by atoms with van der Waals surface area (Å²) in [6.45, 7) is 0. The van der Waals surface area contributed by atoms with Gasteiger partial charge in [-0.3, -0.25) is 9.59 Å². The molecule has 1 aliphatic heterocycles. The van der Waals surface area contributed by atoms with Crippen LogP contribution in [0.5, 0.6) is 0 Å². The maximum Gasteiger partial charge on any atom is 0.316 e. The quantitative estimate of drug-likeness (QED) is 0.642. The molecule has 1 aliphatic rings. The molecular formula is C19H18O3. The van der Waals surface area contributed by atoms with E-state index in [0.29, 0.717) is 19.3 Å². The van der Waals surface area contributed by atoms with Crippen LogP contribution in [-0.2, 0) is 27.2 Å². The van der Waals surface area contributed by atoms with Gasteiger partial charge in [-0.15, -0.1) is 0 Å². The van der Waals surface area contributed by atoms with Crippen LogP contribution in [0, 0.1) is 11.8 Å². The van der Waals surface area contributed by atoms with Gasteiger partial charge >= 0.3 is 11.9 Å². The van der Waals surface area contributed by atoms with Gasteiger partial charge in [-0.2, -0.15) is 0 Å². The average Bonchev–Trinajstić information content (AvgIpc) is 2.54. The van der Waals surface area contributed by atoms with Crippen molar-refractivity contribution >= 4 is 11.9 Å². The zero-order valence-corrected chi connectivity index (χ0v) is 12.3. The molecular weight excluding hydrogens is 276 g/mol. The van der Waals surface area contributed by atoms with E-state index in [4.69, 9.17) is 4.74 Å². The van der Waals surface area contributed by atoms with E-state index >= 15 is 0 Å². The van der Waals surface area contributed by atoms with Crippen molar-refractivity contribution in [1.82, 2.24) is 0 Å². The Balaban J connectivity index is 1.70. The summed E-state index contributed by atoms with van der Waals surface area (Å²) in [7, 11) is 0. The highest BCUT2D eigenvalue weighted by Crippen LogP contribution is 2.27. The van der Waals surface area contributed by atoms with E-state index in [2.05, 4.69) is 0 Å². The SMILES string of the molecule is O=C1OC(=O)[C@@H](Cc2ccccc2)C[C@H]1Cc1ccccc1. The number of carbonyl (C=O) groups excluding carboxylic acids is 2. The lowest BCUT2D eigenvalue weighted by molar-refractivity contribution is -0.171. The molecule has 22 heavy (non-hydrogen) atoms. The van der Waals surface area contributed by atoms with Gasteiger partial charge in [0, 0.05) is 0 Å². The van der Waals surface area contributed by atoms with Crippen molar-refractivity contribution in [1.29, 1.82) is 0 Å². The van der Waals surface area contributed by atoms with E-state index < -0.39 is 11.9 Å². The zero-order valence-electron chi connectivity index (χ0n) is 12.3. The van der Waals surface area contributed by atoms with Crippen LogP contribution in [0.15, 0.2) is 60.7 Å². The second kappa shape index (κ2) is 6.56. The van der Waals surface area contributed by atoms with Crippen molar-refractivity contribution in [2.45, 2.75) is 19.3 Å². The fraction of sp³-hybridized carbons (Fsp3) is 0.263. The fourth-order valence-electron chi connectivity index (χ4n) is 2.93. The second-order valence-corrected chi connectivity index (χ2v) is 5.75. The smallest absolute Gasteiger partial charge is 0.316 e. The van der Waals surface area contributed by atoms with E-state index in [1.54, 1.807) is 0 Å². The van der Waals surface area contributed by atoms with Crippen LogP contribution in [-0.4, -0.2) is 11.9 Å². The number of rotatable bonds is 4. The second-order valence-electron chi connectivity index (χ2n) is 5.75. The van der Waals surface area contributed by atoms with Crippen molar-refractivity contribution in [2.24, 2.45) is 11.8 Å². The van der Waals surface area contributed by atoms with Crippen molar-refractivity contribution < 1.29 is 14.3 Å². The van der Waals surface area contributed by atoms with Crippen molar-refractivity contribution in [3.8, 4) is 0 Å². The lowest BCUT2D eigenvalue weighted by Crippen LogP contribution is -2.36. The van der Waals surface area contributed by atoms with Crippen LogP contribution in [0.25, 0.3) is 0 Å². The molecule has 1 saturated heterocycles. The minimum Gasteiger partial charge on any atom is -0.393 e. The van der Waals surface area contributed by atoms with E-state index in [1.165, 1.54) is 0 Å². The van der Waals surface area contributed by atoms with Gasteiger partial charge in [-0.05, 0) is 30.4 Å². The van der Waals surface area contributed by atoms with E-state index in [0.717, 1.165) is 11.1 Å². The molecule has 0 spiro atoms. The maximum absolute atomic E-state index is 12.0. The molecule has 2 aromatic carbocycles. The monoisotopic (exact) mass is 294 g/mol. The summed E-state index contributed by atoms with van der Waals surface area (Å²) in [5.41, 5.74) is 2.19. The number of benzene rings is 2. The molecule has 0 amide bonds. The number of esters is 2. The van der Waals surface area contributed by atoms with Crippen LogP contribution < -0.4 is 0 Å². The Labute approximate surface area is 129 Å². The Morgan fingerprint density at radius 3 is 1.55 bits per heavy atom. The topological polar surface area (TPSA) is 43.4 Å². The molecule has 2 aromatic rings. The summed E-state index contributed by atoms with van der Waals surface area (Å²) >= 11 is 0. The van der Waals surface area contributed by atoms with Crippen molar-refractivity contribution in [3.63, 3.8) is 0 Å². The Morgan fingerprint density at radius 2 is 1.14 bits per heavy atom. The molecule has 112 valence electrons. The summed E-state index contributed by atoms with van der Waals surface area (Å²) in [5, 5.41) is 0. The Bertz CT molecular complexity index is 591. The third kappa shape index (κ3) is 3.42. The van der Waals surface area contributed by atoms with Gasteiger partial charge in [-0.25, -0.2) is 0 Å². The normalized spacial score (nSPS) is 21.5. The van der Waals surface area contributed by atoms with Gasteiger partial charge in [0.2, 0.25) is 0 Å². The van der Waals surface area contributed by atoms with Crippen molar-refractivity contribution in [2.75, 3.05) is 0 Å². The molecule has 0 radical (unpaired) electrons. The van der Waals surface area contributed by atoms with Crippen LogP contribution in [0.3, 0.4) is 0 Å². The first-order valence-corrected chi connectivity index (χ1v) is 7.56. The number of cyclic esters (lactones) is 2. The van der Waals surface area contributed by atoms with Crippen LogP contribution in [0.1, 0.15) is 17.5 Å². The molecule has 3 heteroatoms. The molecule has 0 aliphatic carbocycles. The average molecular weight is 294 g/mol. The minimum absolute atomic E-state index is 0.242. The molecule has 0 saturated carbocycles. The lowest BCUT2D eigenvalue weighted by atomic mass is 9.84.